The van der Waals surface area contributed by atoms with Crippen LogP contribution in [0.15, 0.2) is 24.3 Å². The lowest BCUT2D eigenvalue weighted by Gasteiger charge is -2.13. The molecule has 0 aromatic heterocycles. The van der Waals surface area contributed by atoms with Crippen molar-refractivity contribution in [3.63, 3.8) is 0 Å². The third-order valence-corrected chi connectivity index (χ3v) is 3.28. The van der Waals surface area contributed by atoms with E-state index in [2.05, 4.69) is 0 Å². The molecule has 0 fully saturated rings. The van der Waals surface area contributed by atoms with Gasteiger partial charge in [-0.3, -0.25) is 15.6 Å². The number of benzene rings is 1. The number of carbonyl (C=O) groups is 1. The predicted molar refractivity (Wildman–Crippen MR) is 76.4 cm³/mol. The maximum atomic E-state index is 12.8. The van der Waals surface area contributed by atoms with Crippen molar-refractivity contribution < 1.29 is 27.8 Å². The Bertz CT molecular complexity index is 576. The second-order valence-corrected chi connectivity index (χ2v) is 5.18. The van der Waals surface area contributed by atoms with Gasteiger partial charge < -0.3 is 9.84 Å². The van der Waals surface area contributed by atoms with E-state index in [0.29, 0.717) is 0 Å². The van der Waals surface area contributed by atoms with Crippen molar-refractivity contribution in [2.75, 3.05) is 5.75 Å². The van der Waals surface area contributed by atoms with E-state index in [4.69, 9.17) is 20.7 Å². The first-order valence-electron chi connectivity index (χ1n) is 6.08. The van der Waals surface area contributed by atoms with E-state index in [9.17, 15) is 18.0 Å². The van der Waals surface area contributed by atoms with Crippen molar-refractivity contribution in [2.45, 2.75) is 19.0 Å². The van der Waals surface area contributed by atoms with Gasteiger partial charge in [-0.25, -0.2) is 0 Å². The van der Waals surface area contributed by atoms with Crippen molar-refractivity contribution in [1.82, 2.24) is 0 Å². The number of ether oxygens (including phenoxy) is 1. The summed E-state index contributed by atoms with van der Waals surface area (Å²) < 4.78 is 43.2. The first kappa shape index (κ1) is 18.0. The van der Waals surface area contributed by atoms with Gasteiger partial charge in [-0.15, -0.1) is 0 Å². The number of nitrogens with one attached hydrogen (secondary N) is 2. The van der Waals surface area contributed by atoms with Gasteiger partial charge in [0.25, 0.3) is 0 Å². The number of thioether (sulfide) groups is 1. The van der Waals surface area contributed by atoms with E-state index in [-0.39, 0.29) is 18.6 Å². The van der Waals surface area contributed by atoms with Crippen LogP contribution in [0.3, 0.4) is 0 Å². The highest BCUT2D eigenvalue weighted by molar-refractivity contribution is 8.13. The molecule has 0 atom stereocenters. The monoisotopic (exact) mass is 334 g/mol. The molecule has 0 aliphatic heterocycles. The number of hydrogen-bond acceptors (Lipinski definition) is 5. The van der Waals surface area contributed by atoms with Crippen LogP contribution in [0.25, 0.3) is 0 Å². The molecular weight excluding hydrogens is 321 g/mol. The summed E-state index contributed by atoms with van der Waals surface area (Å²) in [5, 5.41) is 23.0. The third kappa shape index (κ3) is 5.76. The van der Waals surface area contributed by atoms with Crippen LogP contribution < -0.4 is 0 Å². The first-order chi connectivity index (χ1) is 10.2. The van der Waals surface area contributed by atoms with Gasteiger partial charge in [0.2, 0.25) is 11.1 Å². The van der Waals surface area contributed by atoms with E-state index < -0.39 is 34.4 Å². The minimum atomic E-state index is -4.62. The van der Waals surface area contributed by atoms with Gasteiger partial charge in [0, 0.05) is 17.7 Å². The highest BCUT2D eigenvalue weighted by Gasteiger charge is 2.34. The molecule has 1 rings (SSSR count). The molecule has 5 nitrogen and oxygen atoms in total. The lowest BCUT2D eigenvalue weighted by atomic mass is 10.1. The van der Waals surface area contributed by atoms with E-state index in [1.165, 1.54) is 12.1 Å². The van der Waals surface area contributed by atoms with Gasteiger partial charge in [0.1, 0.15) is 0 Å². The standard InChI is InChI=1S/C13H13F3N2O3S/c14-13(15,16)9-5-2-1-4-8(9)11(17)21-12(18)22-7-3-6-10(19)20/h1-2,4-5,17-18H,3,6-7H2,(H,19,20). The molecule has 0 unspecified atom stereocenters. The SMILES string of the molecule is N=C(OC(=N)c1ccccc1C(F)(F)F)SCCCC(=O)O. The van der Waals surface area contributed by atoms with Crippen molar-refractivity contribution in [2.24, 2.45) is 0 Å². The lowest BCUT2D eigenvalue weighted by Crippen LogP contribution is -2.16. The summed E-state index contributed by atoms with van der Waals surface area (Å²) in [6.07, 6.45) is -4.41. The molecule has 0 bridgehead atoms. The second kappa shape index (κ2) is 7.83. The molecule has 22 heavy (non-hydrogen) atoms. The molecule has 0 aliphatic carbocycles. The average Bonchev–Trinajstić information content (AvgIpc) is 2.42. The van der Waals surface area contributed by atoms with Crippen LogP contribution >= 0.6 is 11.8 Å². The van der Waals surface area contributed by atoms with Crippen LogP contribution in [0.5, 0.6) is 0 Å². The van der Waals surface area contributed by atoms with Gasteiger partial charge >= 0.3 is 12.1 Å². The molecule has 1 aromatic rings. The molecule has 0 aliphatic rings. The number of rotatable bonds is 5. The molecule has 0 spiro atoms. The van der Waals surface area contributed by atoms with Gasteiger partial charge in [-0.2, -0.15) is 13.2 Å². The van der Waals surface area contributed by atoms with E-state index in [1.54, 1.807) is 0 Å². The Morgan fingerprint density at radius 3 is 2.50 bits per heavy atom. The Morgan fingerprint density at radius 1 is 1.27 bits per heavy atom. The molecule has 0 radical (unpaired) electrons. The average molecular weight is 334 g/mol. The molecule has 0 saturated heterocycles. The molecule has 1 aromatic carbocycles. The largest absolute Gasteiger partial charge is 0.481 e. The number of carboxylic acids is 1. The lowest BCUT2D eigenvalue weighted by molar-refractivity contribution is -0.138. The molecular formula is C13H13F3N2O3S. The van der Waals surface area contributed by atoms with Crippen molar-refractivity contribution >= 4 is 28.9 Å². The molecule has 0 saturated carbocycles. The van der Waals surface area contributed by atoms with Crippen LogP contribution in [0, 0.1) is 10.8 Å². The van der Waals surface area contributed by atoms with Crippen LogP contribution in [-0.2, 0) is 15.7 Å². The van der Waals surface area contributed by atoms with E-state index in [1.807, 2.05) is 0 Å². The smallest absolute Gasteiger partial charge is 0.417 e. The van der Waals surface area contributed by atoms with Crippen LogP contribution in [0.1, 0.15) is 24.0 Å². The molecule has 0 amide bonds. The topological polar surface area (TPSA) is 94.2 Å². The van der Waals surface area contributed by atoms with Gasteiger partial charge in [0.15, 0.2) is 0 Å². The number of alkyl halides is 3. The fourth-order valence-corrected chi connectivity index (χ4v) is 2.11. The van der Waals surface area contributed by atoms with Crippen LogP contribution in [0.2, 0.25) is 0 Å². The maximum Gasteiger partial charge on any atom is 0.417 e. The highest BCUT2D eigenvalue weighted by atomic mass is 32.2. The van der Waals surface area contributed by atoms with Crippen molar-refractivity contribution in [3.8, 4) is 0 Å². The second-order valence-electron chi connectivity index (χ2n) is 4.11. The Labute approximate surface area is 128 Å². The fourth-order valence-electron chi connectivity index (χ4n) is 1.49. The van der Waals surface area contributed by atoms with Gasteiger partial charge in [-0.1, -0.05) is 23.9 Å². The molecule has 0 heterocycles. The minimum Gasteiger partial charge on any atom is -0.481 e. The summed E-state index contributed by atoms with van der Waals surface area (Å²) in [6, 6.07) is 4.46. The summed E-state index contributed by atoms with van der Waals surface area (Å²) >= 11 is 0.830. The zero-order valence-electron chi connectivity index (χ0n) is 11.2. The van der Waals surface area contributed by atoms with Crippen molar-refractivity contribution in [3.05, 3.63) is 35.4 Å². The van der Waals surface area contributed by atoms with E-state index in [0.717, 1.165) is 23.9 Å². The summed E-state index contributed by atoms with van der Waals surface area (Å²) in [5.74, 6) is -1.48. The Kier molecular flexibility index (Phi) is 6.41. The third-order valence-electron chi connectivity index (χ3n) is 2.44. The Morgan fingerprint density at radius 2 is 1.91 bits per heavy atom. The van der Waals surface area contributed by atoms with E-state index >= 15 is 0 Å². The molecule has 120 valence electrons. The quantitative estimate of drug-likeness (QED) is 0.436. The summed E-state index contributed by atoms with van der Waals surface area (Å²) in [7, 11) is 0. The van der Waals surface area contributed by atoms with Gasteiger partial charge in [-0.05, 0) is 18.6 Å². The number of hydrogen-bond donors (Lipinski definition) is 3. The Hall–Kier alpha value is -2.03. The van der Waals surface area contributed by atoms with Crippen LogP contribution in [-0.4, -0.2) is 28.0 Å². The maximum absolute atomic E-state index is 12.8. The zero-order valence-corrected chi connectivity index (χ0v) is 12.1. The number of aliphatic carboxylic acids is 1. The fraction of sp³-hybridized carbons (Fsp3) is 0.308. The van der Waals surface area contributed by atoms with Crippen molar-refractivity contribution in [1.29, 1.82) is 10.8 Å². The summed E-state index contributed by atoms with van der Waals surface area (Å²) in [6.45, 7) is 0. The zero-order chi connectivity index (χ0) is 16.8. The first-order valence-corrected chi connectivity index (χ1v) is 7.06. The molecule has 3 N–H and O–H groups in total. The Balaban J connectivity index is 2.62. The normalized spacial score (nSPS) is 11.0. The van der Waals surface area contributed by atoms with Gasteiger partial charge in [0.05, 0.1) is 5.56 Å². The summed E-state index contributed by atoms with van der Waals surface area (Å²) in [4.78, 5) is 10.3. The highest BCUT2D eigenvalue weighted by Crippen LogP contribution is 2.32. The number of carboxylic acid groups (broad SMARTS) is 1. The van der Waals surface area contributed by atoms with Crippen LogP contribution in [0.4, 0.5) is 13.2 Å². The number of halogens is 3. The minimum absolute atomic E-state index is 0.0748. The molecule has 9 heteroatoms. The predicted octanol–water partition coefficient (Wildman–Crippen LogP) is 3.58. The summed E-state index contributed by atoms with van der Waals surface area (Å²) in [5.41, 5.74) is -1.46.